The van der Waals surface area contributed by atoms with E-state index in [4.69, 9.17) is 16.3 Å². The summed E-state index contributed by atoms with van der Waals surface area (Å²) in [7, 11) is 0. The molecule has 1 unspecified atom stereocenters. The van der Waals surface area contributed by atoms with Gasteiger partial charge in [-0.2, -0.15) is 0 Å². The first kappa shape index (κ1) is 14.7. The lowest BCUT2D eigenvalue weighted by Crippen LogP contribution is -2.38. The Morgan fingerprint density at radius 3 is 2.00 bits per heavy atom. The quantitative estimate of drug-likeness (QED) is 0.524. The van der Waals surface area contributed by atoms with Crippen molar-refractivity contribution in [2.45, 2.75) is 58.7 Å². The van der Waals surface area contributed by atoms with Crippen LogP contribution in [0.5, 0.6) is 0 Å². The molecule has 1 atom stereocenters. The van der Waals surface area contributed by atoms with Crippen LogP contribution in [0.4, 0.5) is 0 Å². The lowest BCUT2D eigenvalue weighted by Gasteiger charge is -2.30. The monoisotopic (exact) mass is 235 g/mol. The van der Waals surface area contributed by atoms with Crippen LogP contribution in [0.15, 0.2) is 0 Å². The molecular weight excluding hydrogens is 214 g/mol. The SMILES string of the molecule is CC(Cl)OC(=O)CCN(C(C)C)C(C)C. The van der Waals surface area contributed by atoms with E-state index in [-0.39, 0.29) is 5.97 Å². The molecule has 0 aromatic heterocycles. The largest absolute Gasteiger partial charge is 0.446 e. The maximum Gasteiger partial charge on any atom is 0.308 e. The number of alkyl halides is 1. The van der Waals surface area contributed by atoms with Gasteiger partial charge in [0.25, 0.3) is 0 Å². The first-order chi connectivity index (χ1) is 6.84. The molecule has 0 aromatic rings. The molecule has 0 bridgehead atoms. The number of hydrogen-bond donors (Lipinski definition) is 0. The lowest BCUT2D eigenvalue weighted by molar-refractivity contribution is -0.145. The van der Waals surface area contributed by atoms with Gasteiger partial charge in [-0.25, -0.2) is 0 Å². The highest BCUT2D eigenvalue weighted by Crippen LogP contribution is 2.07. The standard InChI is InChI=1S/C11H22ClNO2/c1-8(2)13(9(3)4)7-6-11(14)15-10(5)12/h8-10H,6-7H2,1-5H3. The minimum Gasteiger partial charge on any atom is -0.446 e. The van der Waals surface area contributed by atoms with Gasteiger partial charge in [0.2, 0.25) is 0 Å². The van der Waals surface area contributed by atoms with Gasteiger partial charge in [-0.3, -0.25) is 9.69 Å². The molecule has 0 aliphatic heterocycles. The molecule has 0 fully saturated rings. The average Bonchev–Trinajstić information content (AvgIpc) is 2.00. The predicted octanol–water partition coefficient (Wildman–Crippen LogP) is 2.62. The van der Waals surface area contributed by atoms with Gasteiger partial charge in [0, 0.05) is 18.6 Å². The van der Waals surface area contributed by atoms with Crippen LogP contribution in [0.3, 0.4) is 0 Å². The molecule has 3 nitrogen and oxygen atoms in total. The topological polar surface area (TPSA) is 29.5 Å². The predicted molar refractivity (Wildman–Crippen MR) is 63.0 cm³/mol. The van der Waals surface area contributed by atoms with Crippen molar-refractivity contribution in [1.29, 1.82) is 0 Å². The summed E-state index contributed by atoms with van der Waals surface area (Å²) in [6.45, 7) is 10.8. The highest BCUT2D eigenvalue weighted by molar-refractivity contribution is 6.19. The van der Waals surface area contributed by atoms with E-state index in [2.05, 4.69) is 32.6 Å². The first-order valence-electron chi connectivity index (χ1n) is 5.44. The van der Waals surface area contributed by atoms with Gasteiger partial charge < -0.3 is 4.74 Å². The number of carbonyl (C=O) groups is 1. The van der Waals surface area contributed by atoms with Crippen LogP contribution in [0.25, 0.3) is 0 Å². The minimum absolute atomic E-state index is 0.233. The van der Waals surface area contributed by atoms with E-state index in [1.807, 2.05) is 0 Å². The van der Waals surface area contributed by atoms with Crippen molar-refractivity contribution < 1.29 is 9.53 Å². The van der Waals surface area contributed by atoms with Crippen LogP contribution < -0.4 is 0 Å². The Bertz CT molecular complexity index is 185. The number of hydrogen-bond acceptors (Lipinski definition) is 3. The van der Waals surface area contributed by atoms with E-state index in [9.17, 15) is 4.79 Å². The Morgan fingerprint density at radius 1 is 1.20 bits per heavy atom. The summed E-state index contributed by atoms with van der Waals surface area (Å²) in [5.74, 6) is -0.233. The molecular formula is C11H22ClNO2. The maximum atomic E-state index is 11.3. The molecule has 0 heterocycles. The fraction of sp³-hybridized carbons (Fsp3) is 0.909. The molecule has 0 N–H and O–H groups in total. The van der Waals surface area contributed by atoms with E-state index >= 15 is 0 Å². The normalized spacial score (nSPS) is 13.7. The lowest BCUT2D eigenvalue weighted by atomic mass is 10.2. The van der Waals surface area contributed by atoms with Crippen molar-refractivity contribution >= 4 is 17.6 Å². The first-order valence-corrected chi connectivity index (χ1v) is 5.87. The van der Waals surface area contributed by atoms with Gasteiger partial charge >= 0.3 is 5.97 Å². The highest BCUT2D eigenvalue weighted by atomic mass is 35.5. The number of halogens is 1. The smallest absolute Gasteiger partial charge is 0.308 e. The summed E-state index contributed by atoms with van der Waals surface area (Å²) in [4.78, 5) is 13.5. The van der Waals surface area contributed by atoms with E-state index in [0.717, 1.165) is 6.54 Å². The van der Waals surface area contributed by atoms with Gasteiger partial charge in [0.15, 0.2) is 5.56 Å². The summed E-state index contributed by atoms with van der Waals surface area (Å²) in [6.07, 6.45) is 0.396. The molecule has 0 rings (SSSR count). The zero-order chi connectivity index (χ0) is 12.0. The molecule has 0 amide bonds. The second-order valence-corrected chi connectivity index (χ2v) is 4.82. The van der Waals surface area contributed by atoms with Crippen molar-refractivity contribution in [3.05, 3.63) is 0 Å². The van der Waals surface area contributed by atoms with Gasteiger partial charge in [-0.1, -0.05) is 11.6 Å². The molecule has 0 aliphatic carbocycles. The molecule has 90 valence electrons. The number of rotatable bonds is 6. The second kappa shape index (κ2) is 7.07. The van der Waals surface area contributed by atoms with Crippen molar-refractivity contribution in [3.8, 4) is 0 Å². The highest BCUT2D eigenvalue weighted by Gasteiger charge is 2.15. The van der Waals surface area contributed by atoms with Gasteiger partial charge in [-0.05, 0) is 34.6 Å². The fourth-order valence-electron chi connectivity index (χ4n) is 1.57. The van der Waals surface area contributed by atoms with Crippen LogP contribution in [-0.2, 0) is 9.53 Å². The maximum absolute atomic E-state index is 11.3. The Hall–Kier alpha value is -0.280. The third-order valence-corrected chi connectivity index (χ3v) is 2.28. The second-order valence-electron chi connectivity index (χ2n) is 4.21. The molecule has 0 saturated heterocycles. The van der Waals surface area contributed by atoms with Crippen molar-refractivity contribution in [2.75, 3.05) is 6.54 Å². The zero-order valence-corrected chi connectivity index (χ0v) is 11.0. The summed E-state index contributed by atoms with van der Waals surface area (Å²) < 4.78 is 4.86. The van der Waals surface area contributed by atoms with Gasteiger partial charge in [-0.15, -0.1) is 0 Å². The summed E-state index contributed by atoms with van der Waals surface area (Å²) in [5.41, 5.74) is -0.538. The van der Waals surface area contributed by atoms with E-state index < -0.39 is 5.56 Å². The number of ether oxygens (including phenoxy) is 1. The number of nitrogens with zero attached hydrogens (tertiary/aromatic N) is 1. The summed E-state index contributed by atoms with van der Waals surface area (Å²) in [5, 5.41) is 0. The number of esters is 1. The van der Waals surface area contributed by atoms with Crippen LogP contribution in [-0.4, -0.2) is 35.1 Å². The molecule has 0 spiro atoms. The Balaban J connectivity index is 3.95. The third kappa shape index (κ3) is 6.74. The van der Waals surface area contributed by atoms with Gasteiger partial charge in [0.05, 0.1) is 6.42 Å². The summed E-state index contributed by atoms with van der Waals surface area (Å²) in [6, 6.07) is 0.873. The van der Waals surface area contributed by atoms with Crippen molar-refractivity contribution in [3.63, 3.8) is 0 Å². The van der Waals surface area contributed by atoms with Crippen molar-refractivity contribution in [1.82, 2.24) is 4.90 Å². The van der Waals surface area contributed by atoms with Crippen LogP contribution >= 0.6 is 11.6 Å². The molecule has 0 aliphatic rings. The van der Waals surface area contributed by atoms with Crippen LogP contribution in [0, 0.1) is 0 Å². The van der Waals surface area contributed by atoms with Crippen LogP contribution in [0.1, 0.15) is 41.0 Å². The Kier molecular flexibility index (Phi) is 6.94. The fourth-order valence-corrected chi connectivity index (χ4v) is 1.67. The zero-order valence-electron chi connectivity index (χ0n) is 10.3. The molecule has 4 heteroatoms. The van der Waals surface area contributed by atoms with Crippen molar-refractivity contribution in [2.24, 2.45) is 0 Å². The molecule has 0 aromatic carbocycles. The summed E-state index contributed by atoms with van der Waals surface area (Å²) >= 11 is 5.56. The molecule has 0 saturated carbocycles. The number of carbonyl (C=O) groups excluding carboxylic acids is 1. The Labute approximate surface area is 97.7 Å². The van der Waals surface area contributed by atoms with Crippen LogP contribution in [0.2, 0.25) is 0 Å². The molecule has 0 radical (unpaired) electrons. The average molecular weight is 236 g/mol. The van der Waals surface area contributed by atoms with E-state index in [0.29, 0.717) is 18.5 Å². The van der Waals surface area contributed by atoms with Gasteiger partial charge in [0.1, 0.15) is 0 Å². The molecule has 15 heavy (non-hydrogen) atoms. The Morgan fingerprint density at radius 2 is 1.67 bits per heavy atom. The third-order valence-electron chi connectivity index (χ3n) is 2.19. The minimum atomic E-state index is -0.538. The van der Waals surface area contributed by atoms with E-state index in [1.165, 1.54) is 0 Å². The van der Waals surface area contributed by atoms with E-state index in [1.54, 1.807) is 6.92 Å².